The summed E-state index contributed by atoms with van der Waals surface area (Å²) in [4.78, 5) is 0. The van der Waals surface area contributed by atoms with Gasteiger partial charge in [0.1, 0.15) is 0 Å². The molecule has 0 atom stereocenters. The molecule has 1 aliphatic rings. The van der Waals surface area contributed by atoms with E-state index in [-0.39, 0.29) is 56.6 Å². The normalized spacial score (nSPS) is 5.60. The molecule has 0 spiro atoms. The van der Waals surface area contributed by atoms with Gasteiger partial charge in [-0.2, -0.15) is 21.9 Å². The molecule has 0 unspecified atom stereocenters. The van der Waals surface area contributed by atoms with Crippen LogP contribution in [0.4, 0.5) is 0 Å². The topological polar surface area (TPSA) is 71.4 Å². The Labute approximate surface area is 142 Å². The van der Waals surface area contributed by atoms with Crippen LogP contribution in [0.5, 0.6) is 0 Å². The smallest absolute Gasteiger partial charge is 0.0587 e. The van der Waals surface area contributed by atoms with E-state index in [0.29, 0.717) is 0 Å². The van der Waals surface area contributed by atoms with E-state index in [1.54, 1.807) is 18.2 Å². The molecule has 1 aliphatic carbocycles. The third-order valence-corrected chi connectivity index (χ3v) is 0.586. The zero-order valence-electron chi connectivity index (χ0n) is 14.1. The second-order valence-electron chi connectivity index (χ2n) is 1.67. The van der Waals surface area contributed by atoms with Crippen molar-refractivity contribution in [1.82, 2.24) is 0 Å². The van der Waals surface area contributed by atoms with Crippen LogP contribution in [0.25, 0.3) is 0 Å². The molecule has 0 saturated heterocycles. The molecular weight excluding hydrogens is 337 g/mol. The van der Waals surface area contributed by atoms with E-state index in [0.717, 1.165) is 6.42 Å². The van der Waals surface area contributed by atoms with E-state index >= 15 is 0 Å². The summed E-state index contributed by atoms with van der Waals surface area (Å²) in [5.41, 5.74) is 0. The molecule has 4 heteroatoms. The quantitative estimate of drug-likeness (QED) is 0.440. The van der Waals surface area contributed by atoms with Gasteiger partial charge in [-0.1, -0.05) is 0 Å². The summed E-state index contributed by atoms with van der Waals surface area (Å²) >= 11 is 0. The van der Waals surface area contributed by atoms with E-state index in [4.69, 9.17) is 15.8 Å². The van der Waals surface area contributed by atoms with Crippen molar-refractivity contribution in [2.45, 2.75) is 27.2 Å². The maximum absolute atomic E-state index is 7.32. The van der Waals surface area contributed by atoms with Crippen molar-refractivity contribution in [3.05, 3.63) is 61.4 Å². The van der Waals surface area contributed by atoms with Crippen LogP contribution in [0.15, 0.2) is 18.2 Å². The first-order valence-electron chi connectivity index (χ1n) is 3.89. The molecule has 0 aromatic heterocycles. The van der Waals surface area contributed by atoms with Gasteiger partial charge >= 0.3 is 0 Å². The van der Waals surface area contributed by atoms with Crippen molar-refractivity contribution in [3.63, 3.8) is 0 Å². The Hall–Kier alpha value is -1.43. The standard InChI is InChI=1S/C5H5.3C2H3N.5CH3.Rh/c1-2-4-5-3-1;3*1-2-3;;;;;;/h1-3H,4H2;3*1H3;5*1H3;/q-1;;;;5*-1;. The van der Waals surface area contributed by atoms with Gasteiger partial charge in [0.25, 0.3) is 0 Å². The van der Waals surface area contributed by atoms with Gasteiger partial charge in [-0.15, -0.1) is 6.42 Å². The van der Waals surface area contributed by atoms with Crippen molar-refractivity contribution in [2.24, 2.45) is 0 Å². The molecule has 123 valence electrons. The van der Waals surface area contributed by atoms with E-state index in [1.165, 1.54) is 20.8 Å². The van der Waals surface area contributed by atoms with Crippen molar-refractivity contribution in [1.29, 1.82) is 15.8 Å². The summed E-state index contributed by atoms with van der Waals surface area (Å²) in [5.74, 6) is 0. The first kappa shape index (κ1) is 62.6. The molecule has 1 rings (SSSR count). The average Bonchev–Trinajstić information content (AvgIpc) is 2.63. The molecule has 1 radical (unpaired) electrons. The van der Waals surface area contributed by atoms with Gasteiger partial charge in [0.2, 0.25) is 0 Å². The monoisotopic (exact) mass is 366 g/mol. The first-order valence-corrected chi connectivity index (χ1v) is 3.89. The number of rotatable bonds is 0. The number of nitriles is 3. The molecule has 0 fully saturated rings. The van der Waals surface area contributed by atoms with Gasteiger partial charge in [0.15, 0.2) is 0 Å². The number of allylic oxidation sites excluding steroid dienone is 4. The number of hydrogen-bond donors (Lipinski definition) is 0. The zero-order valence-corrected chi connectivity index (χ0v) is 15.8. The van der Waals surface area contributed by atoms with Crippen LogP contribution < -0.4 is 0 Å². The molecule has 0 amide bonds. The summed E-state index contributed by atoms with van der Waals surface area (Å²) < 4.78 is 0. The molecule has 0 aliphatic heterocycles. The molecular formula is C16H29N3Rh-6. The number of nitrogens with zero attached hydrogens (tertiary/aromatic N) is 3. The van der Waals surface area contributed by atoms with Crippen LogP contribution in [-0.4, -0.2) is 0 Å². The minimum Gasteiger partial charge on any atom is -0.358 e. The molecule has 3 nitrogen and oxygen atoms in total. The van der Waals surface area contributed by atoms with Crippen LogP contribution in [-0.2, 0) is 19.5 Å². The van der Waals surface area contributed by atoms with Gasteiger partial charge in [0.05, 0.1) is 18.2 Å². The zero-order chi connectivity index (χ0) is 11.7. The molecule has 0 bridgehead atoms. The molecule has 0 aromatic carbocycles. The second-order valence-corrected chi connectivity index (χ2v) is 1.67. The maximum Gasteiger partial charge on any atom is 0.0587 e. The fraction of sp³-hybridized carbons (Fsp3) is 0.250. The Morgan fingerprint density at radius 1 is 0.800 bits per heavy atom. The van der Waals surface area contributed by atoms with Gasteiger partial charge in [0, 0.05) is 40.2 Å². The van der Waals surface area contributed by atoms with Crippen molar-refractivity contribution >= 4 is 0 Å². The van der Waals surface area contributed by atoms with Crippen LogP contribution >= 0.6 is 0 Å². The predicted molar refractivity (Wildman–Crippen MR) is 87.5 cm³/mol. The van der Waals surface area contributed by atoms with Crippen LogP contribution in [0.2, 0.25) is 0 Å². The SMILES string of the molecule is CC#N.CC#N.CC#N.[C-]1=CC=CC1.[CH3-].[CH3-].[CH3-].[CH3-].[CH3-].[Rh]. The van der Waals surface area contributed by atoms with Gasteiger partial charge in [-0.05, 0) is 0 Å². The Morgan fingerprint density at radius 3 is 1.10 bits per heavy atom. The fourth-order valence-electron chi connectivity index (χ4n) is 0.340. The fourth-order valence-corrected chi connectivity index (χ4v) is 0.340. The number of hydrogen-bond acceptors (Lipinski definition) is 3. The Balaban J connectivity index is -0.0000000108. The van der Waals surface area contributed by atoms with E-state index in [1.807, 2.05) is 12.2 Å². The second kappa shape index (κ2) is 112. The minimum absolute atomic E-state index is 0. The van der Waals surface area contributed by atoms with Crippen LogP contribution in [0.1, 0.15) is 27.2 Å². The predicted octanol–water partition coefficient (Wildman–Crippen LogP) is 5.14. The Morgan fingerprint density at radius 2 is 1.05 bits per heavy atom. The third kappa shape index (κ3) is 315. The molecule has 0 heterocycles. The first-order chi connectivity index (χ1) is 6.74. The summed E-state index contributed by atoms with van der Waals surface area (Å²) in [6.07, 6.45) is 10.0. The maximum atomic E-state index is 7.32. The Bertz CT molecular complexity index is 224. The summed E-state index contributed by atoms with van der Waals surface area (Å²) in [5, 5.41) is 22.0. The van der Waals surface area contributed by atoms with Crippen molar-refractivity contribution < 1.29 is 19.5 Å². The summed E-state index contributed by atoms with van der Waals surface area (Å²) in [7, 11) is 0. The van der Waals surface area contributed by atoms with Gasteiger partial charge in [-0.25, -0.2) is 12.2 Å². The van der Waals surface area contributed by atoms with Crippen molar-refractivity contribution in [2.75, 3.05) is 0 Å². The molecule has 0 N–H and O–H groups in total. The van der Waals surface area contributed by atoms with Crippen LogP contribution in [0, 0.1) is 77.2 Å². The molecule has 20 heavy (non-hydrogen) atoms. The summed E-state index contributed by atoms with van der Waals surface area (Å²) in [6, 6.07) is 5.25. The van der Waals surface area contributed by atoms with E-state index in [2.05, 4.69) is 12.2 Å². The summed E-state index contributed by atoms with van der Waals surface area (Å²) in [6.45, 7) is 4.29. The minimum atomic E-state index is 0. The van der Waals surface area contributed by atoms with E-state index in [9.17, 15) is 0 Å². The van der Waals surface area contributed by atoms with Crippen LogP contribution in [0.3, 0.4) is 0 Å². The van der Waals surface area contributed by atoms with Crippen molar-refractivity contribution in [3.8, 4) is 18.2 Å². The average molecular weight is 366 g/mol. The van der Waals surface area contributed by atoms with E-state index < -0.39 is 0 Å². The largest absolute Gasteiger partial charge is 0.358 e. The third-order valence-electron chi connectivity index (χ3n) is 0.586. The Kier molecular flexibility index (Phi) is 350. The van der Waals surface area contributed by atoms with Gasteiger partial charge in [-0.3, -0.25) is 6.08 Å². The molecule has 0 saturated carbocycles. The molecule has 0 aromatic rings. The van der Waals surface area contributed by atoms with Gasteiger partial charge < -0.3 is 37.1 Å².